The Morgan fingerprint density at radius 3 is 1.40 bits per heavy atom. The van der Waals surface area contributed by atoms with Crippen molar-refractivity contribution in [3.8, 4) is 0 Å². The molecule has 0 spiro atoms. The van der Waals surface area contributed by atoms with Gasteiger partial charge < -0.3 is 10.2 Å². The molecule has 0 saturated carbocycles. The van der Waals surface area contributed by atoms with E-state index in [4.69, 9.17) is 0 Å². The van der Waals surface area contributed by atoms with Crippen LogP contribution >= 0.6 is 0 Å². The fourth-order valence-electron chi connectivity index (χ4n) is 7.10. The van der Waals surface area contributed by atoms with Gasteiger partial charge in [-0.15, -0.1) is 0 Å². The molecule has 47 heavy (non-hydrogen) atoms. The van der Waals surface area contributed by atoms with Crippen LogP contribution in [0, 0.1) is 0 Å². The number of unbranched alkanes of at least 4 members (excludes halogenated alkanes) is 24. The summed E-state index contributed by atoms with van der Waals surface area (Å²) < 4.78 is 0. The van der Waals surface area contributed by atoms with Gasteiger partial charge in [-0.05, 0) is 49.4 Å². The van der Waals surface area contributed by atoms with Crippen molar-refractivity contribution in [3.63, 3.8) is 0 Å². The highest BCUT2D eigenvalue weighted by Crippen LogP contribution is 2.27. The van der Waals surface area contributed by atoms with E-state index in [-0.39, 0.29) is 0 Å². The van der Waals surface area contributed by atoms with Crippen LogP contribution in [0.15, 0.2) is 54.6 Å². The van der Waals surface area contributed by atoms with Gasteiger partial charge in [-0.25, -0.2) is 0 Å². The van der Waals surface area contributed by atoms with Crippen molar-refractivity contribution >= 4 is 11.4 Å². The normalized spacial score (nSPS) is 12.4. The minimum atomic E-state index is 1.11. The number of anilines is 2. The summed E-state index contributed by atoms with van der Waals surface area (Å²) in [6, 6.07) is 19.5. The van der Waals surface area contributed by atoms with Crippen LogP contribution in [0.4, 0.5) is 11.4 Å². The average molecular weight is 647 g/mol. The molecule has 1 aliphatic rings. The number of aryl methyl sites for hydroxylation is 1. The van der Waals surface area contributed by atoms with Crippen LogP contribution in [-0.4, -0.2) is 19.6 Å². The average Bonchev–Trinajstić information content (AvgIpc) is 3.11. The molecule has 3 rings (SSSR count). The lowest BCUT2D eigenvalue weighted by molar-refractivity contribution is 0.530. The third-order valence-corrected chi connectivity index (χ3v) is 10.1. The Bertz CT molecular complexity index is 909. The number of hydrogen-bond donors (Lipinski definition) is 1. The van der Waals surface area contributed by atoms with Gasteiger partial charge in [0.2, 0.25) is 0 Å². The van der Waals surface area contributed by atoms with Gasteiger partial charge in [0.15, 0.2) is 0 Å². The standard InChI is InChI=1S/C24H43N.C21H35N/c1-2-3-4-5-6-7-8-9-10-11-12-13-14-15-16-20-23-25-24-21-18-17-19-22-24;1-2-3-4-5-6-7-8-9-10-13-18-22-19-14-16-20-15-11-12-17-21(20)22/h17-19,21-22,25H,2-16,20,23H2,1H3;11-12,15,17H,2-10,13-14,16,18-19H2,1H3. The molecule has 2 aromatic carbocycles. The Labute approximate surface area is 294 Å². The van der Waals surface area contributed by atoms with Crippen molar-refractivity contribution < 1.29 is 0 Å². The number of nitrogens with one attached hydrogen (secondary N) is 1. The third kappa shape index (κ3) is 23.1. The van der Waals surface area contributed by atoms with Gasteiger partial charge in [-0.3, -0.25) is 0 Å². The lowest BCUT2D eigenvalue weighted by atomic mass is 10.0. The lowest BCUT2D eigenvalue weighted by Crippen LogP contribution is -2.30. The van der Waals surface area contributed by atoms with Crippen LogP contribution in [0.1, 0.15) is 193 Å². The molecule has 0 atom stereocenters. The number of benzene rings is 2. The van der Waals surface area contributed by atoms with E-state index in [2.05, 4.69) is 78.7 Å². The summed E-state index contributed by atoms with van der Waals surface area (Å²) in [5, 5.41) is 3.49. The maximum absolute atomic E-state index is 3.49. The summed E-state index contributed by atoms with van der Waals surface area (Å²) in [4.78, 5) is 2.61. The number of para-hydroxylation sites is 2. The second-order valence-electron chi connectivity index (χ2n) is 14.5. The molecule has 2 heteroatoms. The highest BCUT2D eigenvalue weighted by Gasteiger charge is 2.15. The Balaban J connectivity index is 0.000000329. The van der Waals surface area contributed by atoms with Crippen molar-refractivity contribution in [1.82, 2.24) is 0 Å². The molecule has 0 amide bonds. The first-order valence-corrected chi connectivity index (χ1v) is 21.0. The van der Waals surface area contributed by atoms with Gasteiger partial charge in [-0.2, -0.15) is 0 Å². The van der Waals surface area contributed by atoms with Gasteiger partial charge in [0.1, 0.15) is 0 Å². The molecule has 0 unspecified atom stereocenters. The van der Waals surface area contributed by atoms with E-state index in [1.54, 1.807) is 5.56 Å². The fourth-order valence-corrected chi connectivity index (χ4v) is 7.10. The maximum atomic E-state index is 3.49. The summed E-state index contributed by atoms with van der Waals surface area (Å²) in [6.07, 6.45) is 39.8. The SMILES string of the molecule is CCCCCCCCCCCCCCCCCCNc1ccccc1.CCCCCCCCCCCCN1CCCc2ccccc21. The van der Waals surface area contributed by atoms with Crippen molar-refractivity contribution in [2.45, 2.75) is 194 Å². The van der Waals surface area contributed by atoms with E-state index in [0.717, 1.165) is 6.54 Å². The quantitative estimate of drug-likeness (QED) is 0.0885. The molecule has 1 N–H and O–H groups in total. The minimum Gasteiger partial charge on any atom is -0.385 e. The van der Waals surface area contributed by atoms with E-state index in [9.17, 15) is 0 Å². The van der Waals surface area contributed by atoms with E-state index in [1.165, 1.54) is 204 Å². The van der Waals surface area contributed by atoms with Crippen LogP contribution in [0.2, 0.25) is 0 Å². The first-order chi connectivity index (χ1) is 23.3. The molecule has 1 aliphatic heterocycles. The molecule has 0 aliphatic carbocycles. The van der Waals surface area contributed by atoms with Crippen LogP contribution in [-0.2, 0) is 6.42 Å². The predicted octanol–water partition coefficient (Wildman–Crippen LogP) is 14.7. The summed E-state index contributed by atoms with van der Waals surface area (Å²) in [6.45, 7) is 8.22. The van der Waals surface area contributed by atoms with E-state index >= 15 is 0 Å². The molecule has 0 aromatic heterocycles. The third-order valence-electron chi connectivity index (χ3n) is 10.1. The Kier molecular flexibility index (Phi) is 27.5. The van der Waals surface area contributed by atoms with Gasteiger partial charge in [-0.1, -0.05) is 204 Å². The molecule has 2 nitrogen and oxygen atoms in total. The molecular formula is C45H78N2. The van der Waals surface area contributed by atoms with Gasteiger partial charge in [0.25, 0.3) is 0 Å². The van der Waals surface area contributed by atoms with Crippen LogP contribution in [0.5, 0.6) is 0 Å². The lowest BCUT2D eigenvalue weighted by Gasteiger charge is -2.31. The topological polar surface area (TPSA) is 15.3 Å². The second-order valence-corrected chi connectivity index (χ2v) is 14.5. The number of rotatable bonds is 29. The van der Waals surface area contributed by atoms with Crippen molar-refractivity contribution in [2.75, 3.05) is 29.9 Å². The first-order valence-electron chi connectivity index (χ1n) is 21.0. The predicted molar refractivity (Wildman–Crippen MR) is 213 cm³/mol. The molecule has 0 fully saturated rings. The van der Waals surface area contributed by atoms with E-state index in [0.29, 0.717) is 0 Å². The zero-order chi connectivity index (χ0) is 33.3. The van der Waals surface area contributed by atoms with Crippen molar-refractivity contribution in [1.29, 1.82) is 0 Å². The van der Waals surface area contributed by atoms with Crippen LogP contribution in [0.3, 0.4) is 0 Å². The summed E-state index contributed by atoms with van der Waals surface area (Å²) in [5.41, 5.74) is 4.31. The Morgan fingerprint density at radius 1 is 0.468 bits per heavy atom. The molecule has 0 radical (unpaired) electrons. The number of hydrogen-bond acceptors (Lipinski definition) is 2. The van der Waals surface area contributed by atoms with Gasteiger partial charge in [0, 0.05) is 31.0 Å². The maximum Gasteiger partial charge on any atom is 0.0398 e. The summed E-state index contributed by atoms with van der Waals surface area (Å²) >= 11 is 0. The Hall–Kier alpha value is -1.96. The highest BCUT2D eigenvalue weighted by atomic mass is 15.1. The Morgan fingerprint density at radius 2 is 0.894 bits per heavy atom. The van der Waals surface area contributed by atoms with E-state index < -0.39 is 0 Å². The number of nitrogens with zero attached hydrogens (tertiary/aromatic N) is 1. The minimum absolute atomic E-state index is 1.11. The van der Waals surface area contributed by atoms with Gasteiger partial charge in [0.05, 0.1) is 0 Å². The van der Waals surface area contributed by atoms with Crippen molar-refractivity contribution in [2.24, 2.45) is 0 Å². The van der Waals surface area contributed by atoms with Crippen LogP contribution in [0.25, 0.3) is 0 Å². The van der Waals surface area contributed by atoms with E-state index in [1.807, 2.05) is 0 Å². The number of fused-ring (bicyclic) bond motifs is 1. The highest BCUT2D eigenvalue weighted by molar-refractivity contribution is 5.55. The van der Waals surface area contributed by atoms with Crippen LogP contribution < -0.4 is 10.2 Å². The fraction of sp³-hybridized carbons (Fsp3) is 0.733. The molecular weight excluding hydrogens is 569 g/mol. The zero-order valence-corrected chi connectivity index (χ0v) is 31.6. The largest absolute Gasteiger partial charge is 0.385 e. The monoisotopic (exact) mass is 647 g/mol. The smallest absolute Gasteiger partial charge is 0.0398 e. The van der Waals surface area contributed by atoms with Crippen molar-refractivity contribution in [3.05, 3.63) is 60.2 Å². The second kappa shape index (κ2) is 31.3. The zero-order valence-electron chi connectivity index (χ0n) is 31.6. The van der Waals surface area contributed by atoms with Gasteiger partial charge >= 0.3 is 0 Å². The summed E-state index contributed by atoms with van der Waals surface area (Å²) in [7, 11) is 0. The molecule has 268 valence electrons. The molecule has 2 aromatic rings. The summed E-state index contributed by atoms with van der Waals surface area (Å²) in [5.74, 6) is 0. The molecule has 1 heterocycles. The molecule has 0 saturated heterocycles. The first kappa shape index (κ1) is 41.2. The molecule has 0 bridgehead atoms.